The first-order valence-corrected chi connectivity index (χ1v) is 15.6. The van der Waals surface area contributed by atoms with Gasteiger partial charge in [-0.15, -0.1) is 0 Å². The topological polar surface area (TPSA) is 130 Å². The van der Waals surface area contributed by atoms with Crippen LogP contribution in [0.25, 0.3) is 0 Å². The van der Waals surface area contributed by atoms with Crippen LogP contribution in [0.1, 0.15) is 26.7 Å². The number of hydrogen-bond donors (Lipinski definition) is 2. The summed E-state index contributed by atoms with van der Waals surface area (Å²) in [6.07, 6.45) is 0.309. The molecule has 11 heteroatoms. The summed E-state index contributed by atoms with van der Waals surface area (Å²) in [5, 5.41) is 20.3. The van der Waals surface area contributed by atoms with Crippen molar-refractivity contribution in [3.05, 3.63) is 48.5 Å². The molecule has 4 rings (SSSR count). The molecule has 2 N–H and O–H groups in total. The predicted molar refractivity (Wildman–Crippen MR) is 150 cm³/mol. The van der Waals surface area contributed by atoms with Crippen molar-refractivity contribution < 1.29 is 47.1 Å². The molecule has 2 fully saturated rings. The van der Waals surface area contributed by atoms with Gasteiger partial charge in [-0.3, -0.25) is 0 Å². The van der Waals surface area contributed by atoms with Crippen molar-refractivity contribution in [1.29, 1.82) is 0 Å². The van der Waals surface area contributed by atoms with Crippen LogP contribution in [-0.4, -0.2) is 96.9 Å². The Kier molecular flexibility index (Phi) is 11.0. The molecule has 2 unspecified atom stereocenters. The van der Waals surface area contributed by atoms with Crippen LogP contribution in [0.5, 0.6) is 11.5 Å². The summed E-state index contributed by atoms with van der Waals surface area (Å²) in [7, 11) is -3.76. The number of rotatable bonds is 18. The van der Waals surface area contributed by atoms with Gasteiger partial charge in [0.2, 0.25) is 9.84 Å². The summed E-state index contributed by atoms with van der Waals surface area (Å²) >= 11 is 0. The average molecular weight is 595 g/mol. The maximum absolute atomic E-state index is 13.1. The zero-order valence-electron chi connectivity index (χ0n) is 23.8. The molecule has 0 bridgehead atoms. The third kappa shape index (κ3) is 8.41. The number of hydrogen-bond acceptors (Lipinski definition) is 10. The Morgan fingerprint density at radius 3 is 1.34 bits per heavy atom. The Balaban J connectivity index is 1.19. The van der Waals surface area contributed by atoms with Crippen LogP contribution in [0.15, 0.2) is 58.3 Å². The first kappa shape index (κ1) is 31.7. The summed E-state index contributed by atoms with van der Waals surface area (Å²) in [5.74, 6) is 0.884. The summed E-state index contributed by atoms with van der Waals surface area (Å²) in [6.45, 7) is 8.33. The summed E-state index contributed by atoms with van der Waals surface area (Å²) < 4.78 is 59.2. The van der Waals surface area contributed by atoms with Crippen LogP contribution in [-0.2, 0) is 28.8 Å². The average Bonchev–Trinajstić information content (AvgIpc) is 2.94. The molecule has 2 aliphatic rings. The molecule has 2 aromatic rings. The molecule has 0 radical (unpaired) electrons. The van der Waals surface area contributed by atoms with Crippen LogP contribution in [0, 0.1) is 10.8 Å². The van der Waals surface area contributed by atoms with Gasteiger partial charge in [0.05, 0.1) is 62.6 Å². The highest BCUT2D eigenvalue weighted by Gasteiger charge is 2.38. The van der Waals surface area contributed by atoms with Gasteiger partial charge in [-0.25, -0.2) is 8.42 Å². The Hall–Kier alpha value is -2.25. The van der Waals surface area contributed by atoms with Crippen molar-refractivity contribution in [3.63, 3.8) is 0 Å². The Bertz CT molecular complexity index is 1080. The zero-order valence-corrected chi connectivity index (χ0v) is 24.6. The first-order chi connectivity index (χ1) is 19.7. The van der Waals surface area contributed by atoms with Gasteiger partial charge in [0.15, 0.2) is 0 Å². The summed E-state index contributed by atoms with van der Waals surface area (Å²) in [5.41, 5.74) is 0.105. The van der Waals surface area contributed by atoms with E-state index >= 15 is 0 Å². The third-order valence-electron chi connectivity index (χ3n) is 7.72. The lowest BCUT2D eigenvalue weighted by Gasteiger charge is -2.40. The summed E-state index contributed by atoms with van der Waals surface area (Å²) in [4.78, 5) is 0.230. The van der Waals surface area contributed by atoms with Gasteiger partial charge < -0.3 is 38.6 Å². The molecule has 2 heterocycles. The lowest BCUT2D eigenvalue weighted by molar-refractivity contribution is -0.156. The SMILES string of the molecule is CCC1(COCC(O)COc2ccc(S(=O)(=O)c3ccc(OCC(O)COCC4(CC)COC4)cc3)cc2)COC1. The van der Waals surface area contributed by atoms with Crippen LogP contribution in [0.2, 0.25) is 0 Å². The lowest BCUT2D eigenvalue weighted by atomic mass is 9.84. The molecular formula is C30H42O10S. The van der Waals surface area contributed by atoms with E-state index in [-0.39, 0.29) is 47.0 Å². The third-order valence-corrected chi connectivity index (χ3v) is 9.51. The highest BCUT2D eigenvalue weighted by Crippen LogP contribution is 2.32. The Labute approximate surface area is 242 Å². The number of ether oxygens (including phenoxy) is 6. The maximum Gasteiger partial charge on any atom is 0.206 e. The van der Waals surface area contributed by atoms with Crippen LogP contribution in [0.4, 0.5) is 0 Å². The van der Waals surface area contributed by atoms with Crippen LogP contribution >= 0.6 is 0 Å². The van der Waals surface area contributed by atoms with E-state index in [1.54, 1.807) is 24.3 Å². The molecule has 2 aliphatic heterocycles. The van der Waals surface area contributed by atoms with Gasteiger partial charge in [0.1, 0.15) is 36.9 Å². The van der Waals surface area contributed by atoms with Gasteiger partial charge in [-0.1, -0.05) is 13.8 Å². The second-order valence-corrected chi connectivity index (χ2v) is 13.0. The van der Waals surface area contributed by atoms with E-state index in [0.717, 1.165) is 12.8 Å². The molecule has 2 atom stereocenters. The van der Waals surface area contributed by atoms with Crippen LogP contribution < -0.4 is 9.47 Å². The van der Waals surface area contributed by atoms with E-state index < -0.39 is 22.0 Å². The molecule has 0 aromatic heterocycles. The fourth-order valence-electron chi connectivity index (χ4n) is 4.43. The minimum absolute atomic E-state index is 0.0263. The monoisotopic (exact) mass is 594 g/mol. The quantitative estimate of drug-likeness (QED) is 0.266. The molecule has 0 spiro atoms. The smallest absolute Gasteiger partial charge is 0.206 e. The van der Waals surface area contributed by atoms with Crippen molar-refractivity contribution in [1.82, 2.24) is 0 Å². The molecule has 2 saturated heterocycles. The first-order valence-electron chi connectivity index (χ1n) is 14.1. The molecule has 0 amide bonds. The van der Waals surface area contributed by atoms with Crippen molar-refractivity contribution in [2.45, 2.75) is 48.7 Å². The van der Waals surface area contributed by atoms with Gasteiger partial charge in [-0.05, 0) is 61.4 Å². The highest BCUT2D eigenvalue weighted by atomic mass is 32.2. The van der Waals surface area contributed by atoms with Gasteiger partial charge in [-0.2, -0.15) is 0 Å². The number of benzene rings is 2. The van der Waals surface area contributed by atoms with E-state index in [1.807, 2.05) is 0 Å². The van der Waals surface area contributed by atoms with Gasteiger partial charge in [0.25, 0.3) is 0 Å². The van der Waals surface area contributed by atoms with Crippen molar-refractivity contribution in [2.75, 3.05) is 66.1 Å². The largest absolute Gasteiger partial charge is 0.491 e. The zero-order chi connectivity index (χ0) is 29.3. The number of aliphatic hydroxyl groups is 2. The summed E-state index contributed by atoms with van der Waals surface area (Å²) in [6, 6.07) is 12.1. The predicted octanol–water partition coefficient (Wildman–Crippen LogP) is 2.89. The number of sulfone groups is 1. The van der Waals surface area contributed by atoms with Gasteiger partial charge >= 0.3 is 0 Å². The Morgan fingerprint density at radius 1 is 0.683 bits per heavy atom. The fraction of sp³-hybridized carbons (Fsp3) is 0.600. The fourth-order valence-corrected chi connectivity index (χ4v) is 5.69. The normalized spacial score (nSPS) is 19.0. The molecule has 10 nitrogen and oxygen atoms in total. The number of aliphatic hydroxyl groups excluding tert-OH is 2. The lowest BCUT2D eigenvalue weighted by Crippen LogP contribution is -2.46. The van der Waals surface area contributed by atoms with Crippen molar-refractivity contribution in [2.24, 2.45) is 10.8 Å². The second-order valence-electron chi connectivity index (χ2n) is 11.1. The van der Waals surface area contributed by atoms with E-state index in [4.69, 9.17) is 28.4 Å². The Morgan fingerprint density at radius 2 is 1.05 bits per heavy atom. The minimum atomic E-state index is -3.76. The van der Waals surface area contributed by atoms with Crippen molar-refractivity contribution >= 4 is 9.84 Å². The van der Waals surface area contributed by atoms with E-state index in [0.29, 0.717) is 51.1 Å². The van der Waals surface area contributed by atoms with Gasteiger partial charge in [0, 0.05) is 10.8 Å². The molecule has 228 valence electrons. The van der Waals surface area contributed by atoms with Crippen LogP contribution in [0.3, 0.4) is 0 Å². The molecule has 41 heavy (non-hydrogen) atoms. The standard InChI is InChI=1S/C30H42O10S/c1-3-29(19-37-20-29)17-35-13-23(31)15-39-25-5-9-27(10-6-25)41(33,34)28-11-7-26(8-12-28)40-16-24(32)14-36-18-30(4-2)21-38-22-30/h5-12,23-24,31-32H,3-4,13-22H2,1-2H3. The van der Waals surface area contributed by atoms with E-state index in [2.05, 4.69) is 13.8 Å². The van der Waals surface area contributed by atoms with Crippen molar-refractivity contribution in [3.8, 4) is 11.5 Å². The molecule has 0 aliphatic carbocycles. The molecule has 2 aromatic carbocycles. The molecular weight excluding hydrogens is 552 g/mol. The minimum Gasteiger partial charge on any atom is -0.491 e. The second kappa shape index (κ2) is 14.3. The molecule has 0 saturated carbocycles. The van der Waals surface area contributed by atoms with E-state index in [1.165, 1.54) is 24.3 Å². The highest BCUT2D eigenvalue weighted by molar-refractivity contribution is 7.91. The maximum atomic E-state index is 13.1. The van der Waals surface area contributed by atoms with E-state index in [9.17, 15) is 18.6 Å².